The second-order valence-electron chi connectivity index (χ2n) is 7.62. The predicted octanol–water partition coefficient (Wildman–Crippen LogP) is 4.66. The van der Waals surface area contributed by atoms with Gasteiger partial charge in [0.05, 0.1) is 7.11 Å². The number of pyridine rings is 1. The molecule has 154 valence electrons. The summed E-state index contributed by atoms with van der Waals surface area (Å²) in [5, 5.41) is 1.71. The summed E-state index contributed by atoms with van der Waals surface area (Å²) < 4.78 is 7.31. The van der Waals surface area contributed by atoms with Crippen LogP contribution in [0.1, 0.15) is 25.0 Å². The van der Waals surface area contributed by atoms with E-state index in [4.69, 9.17) is 4.74 Å². The normalized spacial score (nSPS) is 14.6. The zero-order valence-electron chi connectivity index (χ0n) is 17.2. The van der Waals surface area contributed by atoms with E-state index in [0.29, 0.717) is 0 Å². The van der Waals surface area contributed by atoms with Gasteiger partial charge in [-0.15, -0.1) is 12.4 Å². The SMILES string of the molecule is COc1ccc2c(=O)n(C)c(CCN3CCCCC3)c(-c3ccccc3)c2c1.Cl. The molecular formula is C24H29ClN2O2. The van der Waals surface area contributed by atoms with Crippen molar-refractivity contribution < 1.29 is 4.74 Å². The topological polar surface area (TPSA) is 34.5 Å². The van der Waals surface area contributed by atoms with Gasteiger partial charge < -0.3 is 14.2 Å². The lowest BCUT2D eigenvalue weighted by atomic mass is 9.95. The molecule has 4 nitrogen and oxygen atoms in total. The second kappa shape index (κ2) is 9.47. The second-order valence-corrected chi connectivity index (χ2v) is 7.62. The van der Waals surface area contributed by atoms with Crippen LogP contribution >= 0.6 is 12.4 Å². The van der Waals surface area contributed by atoms with Gasteiger partial charge in [-0.3, -0.25) is 4.79 Å². The van der Waals surface area contributed by atoms with Gasteiger partial charge in [0.25, 0.3) is 5.56 Å². The first kappa shape index (κ1) is 21.4. The Morgan fingerprint density at radius 3 is 2.38 bits per heavy atom. The van der Waals surface area contributed by atoms with Gasteiger partial charge in [-0.05, 0) is 49.7 Å². The molecule has 1 aromatic heterocycles. The van der Waals surface area contributed by atoms with Crippen molar-refractivity contribution in [2.75, 3.05) is 26.7 Å². The minimum absolute atomic E-state index is 0. The molecule has 0 spiro atoms. The number of halogens is 1. The highest BCUT2D eigenvalue weighted by molar-refractivity contribution is 5.98. The molecule has 0 radical (unpaired) electrons. The Kier molecular flexibility index (Phi) is 6.99. The lowest BCUT2D eigenvalue weighted by molar-refractivity contribution is 0.230. The van der Waals surface area contributed by atoms with Gasteiger partial charge in [0.15, 0.2) is 0 Å². The molecule has 29 heavy (non-hydrogen) atoms. The maximum absolute atomic E-state index is 13.1. The lowest BCUT2D eigenvalue weighted by Crippen LogP contribution is -2.33. The molecule has 0 N–H and O–H groups in total. The number of piperidine rings is 1. The highest BCUT2D eigenvalue weighted by atomic mass is 35.5. The molecule has 2 aromatic carbocycles. The third-order valence-corrected chi connectivity index (χ3v) is 5.90. The Balaban J connectivity index is 0.00000240. The molecule has 0 amide bonds. The Bertz CT molecular complexity index is 1020. The summed E-state index contributed by atoms with van der Waals surface area (Å²) >= 11 is 0. The molecular weight excluding hydrogens is 384 g/mol. The first-order chi connectivity index (χ1) is 13.7. The van der Waals surface area contributed by atoms with E-state index in [-0.39, 0.29) is 18.0 Å². The minimum Gasteiger partial charge on any atom is -0.497 e. The molecule has 0 bridgehead atoms. The maximum atomic E-state index is 13.1. The van der Waals surface area contributed by atoms with Gasteiger partial charge in [0, 0.05) is 42.0 Å². The number of ether oxygens (including phenoxy) is 1. The fourth-order valence-corrected chi connectivity index (χ4v) is 4.34. The minimum atomic E-state index is 0. The predicted molar refractivity (Wildman–Crippen MR) is 122 cm³/mol. The average molecular weight is 413 g/mol. The highest BCUT2D eigenvalue weighted by Gasteiger charge is 2.18. The molecule has 0 saturated carbocycles. The number of rotatable bonds is 5. The van der Waals surface area contributed by atoms with Crippen LogP contribution in [0.3, 0.4) is 0 Å². The van der Waals surface area contributed by atoms with E-state index < -0.39 is 0 Å². The van der Waals surface area contributed by atoms with Gasteiger partial charge in [-0.1, -0.05) is 36.8 Å². The van der Waals surface area contributed by atoms with E-state index in [9.17, 15) is 4.79 Å². The zero-order valence-corrected chi connectivity index (χ0v) is 18.0. The van der Waals surface area contributed by atoms with Crippen LogP contribution in [0.2, 0.25) is 0 Å². The molecule has 1 saturated heterocycles. The van der Waals surface area contributed by atoms with Crippen molar-refractivity contribution >= 4 is 23.2 Å². The van der Waals surface area contributed by atoms with Crippen LogP contribution in [0.4, 0.5) is 0 Å². The highest BCUT2D eigenvalue weighted by Crippen LogP contribution is 2.33. The number of nitrogens with zero attached hydrogens (tertiary/aromatic N) is 2. The van der Waals surface area contributed by atoms with Crippen LogP contribution < -0.4 is 10.3 Å². The van der Waals surface area contributed by atoms with Gasteiger partial charge in [0.2, 0.25) is 0 Å². The van der Waals surface area contributed by atoms with E-state index in [2.05, 4.69) is 29.2 Å². The van der Waals surface area contributed by atoms with Crippen molar-refractivity contribution in [3.05, 3.63) is 64.6 Å². The van der Waals surface area contributed by atoms with Crippen LogP contribution in [-0.4, -0.2) is 36.2 Å². The van der Waals surface area contributed by atoms with E-state index in [1.165, 1.54) is 19.3 Å². The number of hydrogen-bond acceptors (Lipinski definition) is 3. The molecule has 0 unspecified atom stereocenters. The van der Waals surface area contributed by atoms with Crippen molar-refractivity contribution in [3.8, 4) is 16.9 Å². The lowest BCUT2D eigenvalue weighted by Gasteiger charge is -2.27. The van der Waals surface area contributed by atoms with Crippen molar-refractivity contribution in [2.24, 2.45) is 7.05 Å². The van der Waals surface area contributed by atoms with E-state index in [1.807, 2.05) is 35.9 Å². The molecule has 2 heterocycles. The number of fused-ring (bicyclic) bond motifs is 1. The van der Waals surface area contributed by atoms with Gasteiger partial charge in [0.1, 0.15) is 5.75 Å². The Morgan fingerprint density at radius 1 is 0.966 bits per heavy atom. The number of aromatic nitrogens is 1. The van der Waals surface area contributed by atoms with Crippen molar-refractivity contribution in [1.82, 2.24) is 9.47 Å². The number of benzene rings is 2. The summed E-state index contributed by atoms with van der Waals surface area (Å²) in [7, 11) is 3.58. The average Bonchev–Trinajstić information content (AvgIpc) is 2.76. The Labute approximate surface area is 178 Å². The summed E-state index contributed by atoms with van der Waals surface area (Å²) in [6.07, 6.45) is 4.75. The maximum Gasteiger partial charge on any atom is 0.258 e. The third kappa shape index (κ3) is 4.34. The van der Waals surface area contributed by atoms with E-state index >= 15 is 0 Å². The molecule has 3 aromatic rings. The first-order valence-electron chi connectivity index (χ1n) is 10.2. The van der Waals surface area contributed by atoms with Crippen molar-refractivity contribution in [1.29, 1.82) is 0 Å². The summed E-state index contributed by atoms with van der Waals surface area (Å²) in [4.78, 5) is 15.6. The molecule has 0 atom stereocenters. The summed E-state index contributed by atoms with van der Waals surface area (Å²) in [6.45, 7) is 3.31. The van der Waals surface area contributed by atoms with E-state index in [0.717, 1.165) is 59.4 Å². The number of methoxy groups -OCH3 is 1. The van der Waals surface area contributed by atoms with Crippen LogP contribution in [0.15, 0.2) is 53.3 Å². The molecule has 5 heteroatoms. The van der Waals surface area contributed by atoms with E-state index in [1.54, 1.807) is 7.11 Å². The monoisotopic (exact) mass is 412 g/mol. The largest absolute Gasteiger partial charge is 0.497 e. The quantitative estimate of drug-likeness (QED) is 0.611. The van der Waals surface area contributed by atoms with Crippen LogP contribution in [0, 0.1) is 0 Å². The van der Waals surface area contributed by atoms with Crippen molar-refractivity contribution in [3.63, 3.8) is 0 Å². The fraction of sp³-hybridized carbons (Fsp3) is 0.375. The Hall–Kier alpha value is -2.30. The smallest absolute Gasteiger partial charge is 0.258 e. The molecule has 1 aliphatic rings. The van der Waals surface area contributed by atoms with Crippen LogP contribution in [0.25, 0.3) is 21.9 Å². The van der Waals surface area contributed by atoms with Crippen LogP contribution in [0.5, 0.6) is 5.75 Å². The number of likely N-dealkylation sites (tertiary alicyclic amines) is 1. The zero-order chi connectivity index (χ0) is 19.5. The van der Waals surface area contributed by atoms with Gasteiger partial charge >= 0.3 is 0 Å². The number of hydrogen-bond donors (Lipinski definition) is 0. The molecule has 1 aliphatic heterocycles. The molecule has 1 fully saturated rings. The van der Waals surface area contributed by atoms with Gasteiger partial charge in [-0.25, -0.2) is 0 Å². The van der Waals surface area contributed by atoms with Crippen LogP contribution in [-0.2, 0) is 13.5 Å². The fourth-order valence-electron chi connectivity index (χ4n) is 4.34. The van der Waals surface area contributed by atoms with Crippen molar-refractivity contribution in [2.45, 2.75) is 25.7 Å². The standard InChI is InChI=1S/C24H28N2O2.ClH/c1-25-22(13-16-26-14-7-4-8-15-26)23(18-9-5-3-6-10-18)21-17-19(28-2)11-12-20(21)24(25)27;/h3,5-6,9-12,17H,4,7-8,13-16H2,1-2H3;1H. The summed E-state index contributed by atoms with van der Waals surface area (Å²) in [5.74, 6) is 0.778. The Morgan fingerprint density at radius 2 is 1.69 bits per heavy atom. The third-order valence-electron chi connectivity index (χ3n) is 5.90. The summed E-state index contributed by atoms with van der Waals surface area (Å²) in [6, 6.07) is 16.2. The van der Waals surface area contributed by atoms with Gasteiger partial charge in [-0.2, -0.15) is 0 Å². The molecule has 0 aliphatic carbocycles. The molecule has 4 rings (SSSR count). The summed E-state index contributed by atoms with van der Waals surface area (Å²) in [5.41, 5.74) is 3.45. The first-order valence-corrected chi connectivity index (χ1v) is 10.2.